The number of β-amino-alcohol motifs (C(OH)–C–C–N with tert-alkyl or cyclic N) is 1. The number of likely N-dealkylation sites (tertiary alicyclic amines) is 1. The van der Waals surface area contributed by atoms with E-state index in [2.05, 4.69) is 33.9 Å². The SMILES string of the molecule is CCc1cc(Br)cnc1SC(C(=O)N1CC[C@H](O)C1)c1ccccc1. The Kier molecular flexibility index (Phi) is 6.15. The number of nitrogens with zero attached hydrogens (tertiary/aromatic N) is 2. The lowest BCUT2D eigenvalue weighted by Gasteiger charge is -2.23. The van der Waals surface area contributed by atoms with E-state index in [1.807, 2.05) is 30.3 Å². The molecule has 2 aromatic rings. The Bertz CT molecular complexity index is 741. The molecule has 1 N–H and O–H groups in total. The van der Waals surface area contributed by atoms with Crippen LogP contribution in [0.3, 0.4) is 0 Å². The van der Waals surface area contributed by atoms with Crippen LogP contribution in [0.5, 0.6) is 0 Å². The number of carbonyl (C=O) groups is 1. The number of aliphatic hydroxyl groups is 1. The van der Waals surface area contributed by atoms with Gasteiger partial charge in [0.15, 0.2) is 0 Å². The second-order valence-electron chi connectivity index (χ2n) is 6.11. The van der Waals surface area contributed by atoms with Gasteiger partial charge in [0, 0.05) is 23.8 Å². The van der Waals surface area contributed by atoms with Gasteiger partial charge in [-0.3, -0.25) is 4.79 Å². The van der Waals surface area contributed by atoms with Crippen LogP contribution in [-0.4, -0.2) is 40.1 Å². The summed E-state index contributed by atoms with van der Waals surface area (Å²) >= 11 is 4.96. The van der Waals surface area contributed by atoms with Crippen molar-refractivity contribution < 1.29 is 9.90 Å². The number of rotatable bonds is 5. The van der Waals surface area contributed by atoms with E-state index < -0.39 is 6.10 Å². The van der Waals surface area contributed by atoms with Gasteiger partial charge >= 0.3 is 0 Å². The summed E-state index contributed by atoms with van der Waals surface area (Å²) in [4.78, 5) is 19.4. The third-order valence-electron chi connectivity index (χ3n) is 4.30. The maximum absolute atomic E-state index is 13.1. The number of benzene rings is 1. The number of hydrogen-bond donors (Lipinski definition) is 1. The van der Waals surface area contributed by atoms with Crippen LogP contribution in [0.1, 0.15) is 29.7 Å². The Morgan fingerprint density at radius 2 is 2.20 bits per heavy atom. The average molecular weight is 421 g/mol. The van der Waals surface area contributed by atoms with Gasteiger partial charge in [0.05, 0.1) is 6.10 Å². The fourth-order valence-corrected chi connectivity index (χ4v) is 4.55. The quantitative estimate of drug-likeness (QED) is 0.746. The molecular weight excluding hydrogens is 400 g/mol. The van der Waals surface area contributed by atoms with Crippen molar-refractivity contribution in [3.63, 3.8) is 0 Å². The van der Waals surface area contributed by atoms with Gasteiger partial charge in [-0.1, -0.05) is 49.0 Å². The summed E-state index contributed by atoms with van der Waals surface area (Å²) in [6.07, 6.45) is 2.86. The molecule has 132 valence electrons. The van der Waals surface area contributed by atoms with Gasteiger partial charge in [0.1, 0.15) is 10.3 Å². The minimum absolute atomic E-state index is 0.0412. The number of thioether (sulfide) groups is 1. The molecule has 2 atom stereocenters. The number of carbonyl (C=O) groups excluding carboxylic acids is 1. The van der Waals surface area contributed by atoms with E-state index in [4.69, 9.17) is 0 Å². The molecule has 0 aliphatic carbocycles. The fourth-order valence-electron chi connectivity index (χ4n) is 2.94. The summed E-state index contributed by atoms with van der Waals surface area (Å²) in [6.45, 7) is 3.11. The molecule has 2 heterocycles. The first-order valence-corrected chi connectivity index (χ1v) is 10.1. The normalized spacial score (nSPS) is 18.4. The number of aliphatic hydroxyl groups excluding tert-OH is 1. The molecule has 0 saturated carbocycles. The zero-order valence-corrected chi connectivity index (χ0v) is 16.5. The molecule has 1 saturated heterocycles. The van der Waals surface area contributed by atoms with Gasteiger partial charge in [-0.05, 0) is 46.0 Å². The second kappa shape index (κ2) is 8.34. The van der Waals surface area contributed by atoms with Crippen LogP contribution in [0, 0.1) is 0 Å². The fraction of sp³-hybridized carbons (Fsp3) is 0.368. The molecule has 0 bridgehead atoms. The molecule has 1 aliphatic heterocycles. The number of amides is 1. The van der Waals surface area contributed by atoms with Gasteiger partial charge in [0.2, 0.25) is 5.91 Å². The van der Waals surface area contributed by atoms with Crippen LogP contribution < -0.4 is 0 Å². The third kappa shape index (κ3) is 4.43. The van der Waals surface area contributed by atoms with Crippen molar-refractivity contribution in [2.45, 2.75) is 36.1 Å². The molecule has 1 fully saturated rings. The van der Waals surface area contributed by atoms with E-state index in [0.717, 1.165) is 27.0 Å². The maximum Gasteiger partial charge on any atom is 0.240 e. The summed E-state index contributed by atoms with van der Waals surface area (Å²) in [5, 5.41) is 10.3. The molecule has 1 aromatic carbocycles. The lowest BCUT2D eigenvalue weighted by atomic mass is 10.1. The van der Waals surface area contributed by atoms with Gasteiger partial charge in [-0.15, -0.1) is 0 Å². The Morgan fingerprint density at radius 1 is 1.44 bits per heavy atom. The molecule has 0 radical (unpaired) electrons. The van der Waals surface area contributed by atoms with Crippen molar-refractivity contribution in [1.82, 2.24) is 9.88 Å². The second-order valence-corrected chi connectivity index (χ2v) is 8.12. The van der Waals surface area contributed by atoms with Crippen molar-refractivity contribution >= 4 is 33.6 Å². The Hall–Kier alpha value is -1.37. The van der Waals surface area contributed by atoms with E-state index >= 15 is 0 Å². The van der Waals surface area contributed by atoms with Crippen LogP contribution >= 0.6 is 27.7 Å². The molecule has 3 rings (SSSR count). The summed E-state index contributed by atoms with van der Waals surface area (Å²) in [6, 6.07) is 11.9. The minimum atomic E-state index is -0.414. The van der Waals surface area contributed by atoms with Crippen LogP contribution in [0.25, 0.3) is 0 Å². The summed E-state index contributed by atoms with van der Waals surface area (Å²) in [5.74, 6) is 0.0412. The van der Waals surface area contributed by atoms with Gasteiger partial charge < -0.3 is 10.0 Å². The van der Waals surface area contributed by atoms with Crippen molar-refractivity contribution in [3.8, 4) is 0 Å². The van der Waals surface area contributed by atoms with Gasteiger partial charge in [-0.2, -0.15) is 0 Å². The molecular formula is C19H21BrN2O2S. The molecule has 1 aromatic heterocycles. The van der Waals surface area contributed by atoms with Crippen LogP contribution in [0.4, 0.5) is 0 Å². The first kappa shape index (κ1) is 18.4. The van der Waals surface area contributed by atoms with E-state index in [-0.39, 0.29) is 11.2 Å². The number of aryl methyl sites for hydroxylation is 1. The highest BCUT2D eigenvalue weighted by atomic mass is 79.9. The summed E-state index contributed by atoms with van der Waals surface area (Å²) in [5.41, 5.74) is 2.08. The van der Waals surface area contributed by atoms with E-state index in [9.17, 15) is 9.90 Å². The molecule has 4 nitrogen and oxygen atoms in total. The standard InChI is InChI=1S/C19H21BrN2O2S/c1-2-13-10-15(20)11-21-18(13)25-17(14-6-4-3-5-7-14)19(24)22-9-8-16(23)12-22/h3-7,10-11,16-17,23H,2,8-9,12H2,1H3/t16-,17?/m0/s1. The molecule has 6 heteroatoms. The van der Waals surface area contributed by atoms with Gasteiger partial charge in [0.25, 0.3) is 0 Å². The largest absolute Gasteiger partial charge is 0.391 e. The number of halogens is 1. The van der Waals surface area contributed by atoms with E-state index in [1.54, 1.807) is 11.1 Å². The highest BCUT2D eigenvalue weighted by molar-refractivity contribution is 9.10. The summed E-state index contributed by atoms with van der Waals surface area (Å²) < 4.78 is 0.943. The molecule has 1 unspecified atom stereocenters. The smallest absolute Gasteiger partial charge is 0.240 e. The Labute approximate surface area is 160 Å². The van der Waals surface area contributed by atoms with E-state index in [0.29, 0.717) is 19.5 Å². The van der Waals surface area contributed by atoms with Crippen LogP contribution in [0.2, 0.25) is 0 Å². The highest BCUT2D eigenvalue weighted by Gasteiger charge is 2.32. The first-order valence-electron chi connectivity index (χ1n) is 8.41. The van der Waals surface area contributed by atoms with Crippen molar-refractivity contribution in [1.29, 1.82) is 0 Å². The zero-order chi connectivity index (χ0) is 17.8. The lowest BCUT2D eigenvalue weighted by molar-refractivity contribution is -0.130. The zero-order valence-electron chi connectivity index (χ0n) is 14.1. The minimum Gasteiger partial charge on any atom is -0.391 e. The predicted octanol–water partition coefficient (Wildman–Crippen LogP) is 3.83. The topological polar surface area (TPSA) is 53.4 Å². The number of hydrogen-bond acceptors (Lipinski definition) is 4. The lowest BCUT2D eigenvalue weighted by Crippen LogP contribution is -2.33. The maximum atomic E-state index is 13.1. The first-order chi connectivity index (χ1) is 12.1. The summed E-state index contributed by atoms with van der Waals surface area (Å²) in [7, 11) is 0. The van der Waals surface area contributed by atoms with Crippen LogP contribution in [-0.2, 0) is 11.2 Å². The number of aromatic nitrogens is 1. The molecule has 0 spiro atoms. The van der Waals surface area contributed by atoms with Crippen LogP contribution in [0.15, 0.2) is 52.1 Å². The molecule has 1 amide bonds. The Balaban J connectivity index is 1.91. The van der Waals surface area contributed by atoms with Crippen molar-refractivity contribution in [2.75, 3.05) is 13.1 Å². The number of pyridine rings is 1. The molecule has 1 aliphatic rings. The predicted molar refractivity (Wildman–Crippen MR) is 104 cm³/mol. The average Bonchev–Trinajstić information content (AvgIpc) is 3.07. The monoisotopic (exact) mass is 420 g/mol. The van der Waals surface area contributed by atoms with Gasteiger partial charge in [-0.25, -0.2) is 4.98 Å². The van der Waals surface area contributed by atoms with E-state index in [1.165, 1.54) is 11.8 Å². The highest BCUT2D eigenvalue weighted by Crippen LogP contribution is 2.38. The van der Waals surface area contributed by atoms with Crippen molar-refractivity contribution in [2.24, 2.45) is 0 Å². The molecule has 25 heavy (non-hydrogen) atoms. The third-order valence-corrected chi connectivity index (χ3v) is 6.04. The Morgan fingerprint density at radius 3 is 2.84 bits per heavy atom. The van der Waals surface area contributed by atoms with Crippen molar-refractivity contribution in [3.05, 3.63) is 58.2 Å².